The standard InChI is InChI=1S/C17H26N2O.ClH/c1-12-8-13(2)10-15(9-12)19-17(20)16(11-18)14-6-4-3-5-7-14;/h3-7,12-13,15-16H,8-11,18H2,1-2H3,(H,19,20);1H. The van der Waals surface area contributed by atoms with E-state index in [0.29, 0.717) is 24.4 Å². The van der Waals surface area contributed by atoms with Crippen molar-refractivity contribution >= 4 is 18.3 Å². The number of hydrogen-bond donors (Lipinski definition) is 2. The van der Waals surface area contributed by atoms with Gasteiger partial charge in [-0.05, 0) is 36.7 Å². The molecule has 1 aliphatic rings. The Labute approximate surface area is 134 Å². The van der Waals surface area contributed by atoms with Crippen molar-refractivity contribution in [1.29, 1.82) is 0 Å². The van der Waals surface area contributed by atoms with Gasteiger partial charge in [-0.1, -0.05) is 44.2 Å². The molecule has 0 saturated heterocycles. The summed E-state index contributed by atoms with van der Waals surface area (Å²) in [6.07, 6.45) is 3.44. The first kappa shape index (κ1) is 18.0. The van der Waals surface area contributed by atoms with E-state index in [1.807, 2.05) is 30.3 Å². The molecule has 3 nitrogen and oxygen atoms in total. The molecule has 3 atom stereocenters. The maximum Gasteiger partial charge on any atom is 0.229 e. The molecule has 0 radical (unpaired) electrons. The molecule has 1 amide bonds. The number of halogens is 1. The maximum absolute atomic E-state index is 12.5. The van der Waals surface area contributed by atoms with Crippen LogP contribution in [0.2, 0.25) is 0 Å². The topological polar surface area (TPSA) is 55.1 Å². The Morgan fingerprint density at radius 3 is 2.29 bits per heavy atom. The third-order valence-corrected chi connectivity index (χ3v) is 4.28. The van der Waals surface area contributed by atoms with Gasteiger partial charge < -0.3 is 11.1 Å². The molecule has 0 spiro atoms. The Bertz CT molecular complexity index is 428. The summed E-state index contributed by atoms with van der Waals surface area (Å²) in [5.41, 5.74) is 6.81. The van der Waals surface area contributed by atoms with Crippen molar-refractivity contribution in [3.8, 4) is 0 Å². The average molecular weight is 311 g/mol. The summed E-state index contributed by atoms with van der Waals surface area (Å²) < 4.78 is 0. The molecule has 2 rings (SSSR count). The van der Waals surface area contributed by atoms with E-state index in [0.717, 1.165) is 18.4 Å². The Morgan fingerprint density at radius 2 is 1.76 bits per heavy atom. The van der Waals surface area contributed by atoms with E-state index in [-0.39, 0.29) is 24.2 Å². The van der Waals surface area contributed by atoms with Crippen LogP contribution in [0, 0.1) is 11.8 Å². The van der Waals surface area contributed by atoms with Gasteiger partial charge in [0.1, 0.15) is 0 Å². The minimum absolute atomic E-state index is 0. The van der Waals surface area contributed by atoms with Gasteiger partial charge >= 0.3 is 0 Å². The minimum Gasteiger partial charge on any atom is -0.353 e. The first-order valence-electron chi connectivity index (χ1n) is 7.65. The number of amides is 1. The number of rotatable bonds is 4. The molecule has 0 heterocycles. The maximum atomic E-state index is 12.5. The summed E-state index contributed by atoms with van der Waals surface area (Å²) in [5.74, 6) is 1.22. The van der Waals surface area contributed by atoms with E-state index in [1.54, 1.807) is 0 Å². The number of nitrogens with two attached hydrogens (primary N) is 1. The van der Waals surface area contributed by atoms with Crippen LogP contribution in [0.1, 0.15) is 44.6 Å². The van der Waals surface area contributed by atoms with Crippen LogP contribution < -0.4 is 11.1 Å². The zero-order valence-electron chi connectivity index (χ0n) is 12.9. The van der Waals surface area contributed by atoms with Crippen LogP contribution >= 0.6 is 12.4 Å². The number of hydrogen-bond acceptors (Lipinski definition) is 2. The van der Waals surface area contributed by atoms with E-state index in [9.17, 15) is 4.79 Å². The van der Waals surface area contributed by atoms with Gasteiger partial charge in [-0.15, -0.1) is 12.4 Å². The molecule has 1 saturated carbocycles. The van der Waals surface area contributed by atoms with Crippen molar-refractivity contribution < 1.29 is 4.79 Å². The molecule has 1 fully saturated rings. The van der Waals surface area contributed by atoms with Gasteiger partial charge in [0, 0.05) is 12.6 Å². The fraction of sp³-hybridized carbons (Fsp3) is 0.588. The zero-order chi connectivity index (χ0) is 14.5. The molecule has 1 aromatic rings. The molecule has 3 N–H and O–H groups in total. The molecular weight excluding hydrogens is 284 g/mol. The molecule has 118 valence electrons. The Morgan fingerprint density at radius 1 is 1.19 bits per heavy atom. The Hall–Kier alpha value is -1.06. The molecule has 0 aromatic heterocycles. The largest absolute Gasteiger partial charge is 0.353 e. The van der Waals surface area contributed by atoms with Crippen molar-refractivity contribution in [3.05, 3.63) is 35.9 Å². The van der Waals surface area contributed by atoms with E-state index < -0.39 is 0 Å². The summed E-state index contributed by atoms with van der Waals surface area (Å²) in [5, 5.41) is 3.21. The quantitative estimate of drug-likeness (QED) is 0.898. The molecule has 21 heavy (non-hydrogen) atoms. The van der Waals surface area contributed by atoms with Crippen LogP contribution in [0.25, 0.3) is 0 Å². The molecule has 0 aliphatic heterocycles. The third kappa shape index (κ3) is 5.01. The summed E-state index contributed by atoms with van der Waals surface area (Å²) >= 11 is 0. The van der Waals surface area contributed by atoms with Crippen molar-refractivity contribution in [2.45, 2.75) is 45.1 Å². The molecule has 4 heteroatoms. The first-order valence-corrected chi connectivity index (χ1v) is 7.65. The molecular formula is C17H27ClN2O. The van der Waals surface area contributed by atoms with E-state index in [2.05, 4.69) is 19.2 Å². The monoisotopic (exact) mass is 310 g/mol. The Kier molecular flexibility index (Phi) is 7.20. The van der Waals surface area contributed by atoms with E-state index in [4.69, 9.17) is 5.73 Å². The summed E-state index contributed by atoms with van der Waals surface area (Å²) in [4.78, 5) is 12.5. The van der Waals surface area contributed by atoms with Crippen molar-refractivity contribution in [3.63, 3.8) is 0 Å². The summed E-state index contributed by atoms with van der Waals surface area (Å²) in [6.45, 7) is 4.90. The molecule has 3 unspecified atom stereocenters. The van der Waals surface area contributed by atoms with Crippen molar-refractivity contribution in [2.75, 3.05) is 6.54 Å². The Balaban J connectivity index is 0.00000220. The van der Waals surface area contributed by atoms with Crippen LogP contribution in [-0.2, 0) is 4.79 Å². The zero-order valence-corrected chi connectivity index (χ0v) is 13.7. The van der Waals surface area contributed by atoms with Crippen LogP contribution in [0.4, 0.5) is 0 Å². The smallest absolute Gasteiger partial charge is 0.229 e. The lowest BCUT2D eigenvalue weighted by Crippen LogP contribution is -2.43. The predicted molar refractivity (Wildman–Crippen MR) is 89.6 cm³/mol. The lowest BCUT2D eigenvalue weighted by Gasteiger charge is -2.32. The number of benzene rings is 1. The minimum atomic E-state index is -0.233. The second kappa shape index (κ2) is 8.40. The first-order chi connectivity index (χ1) is 9.60. The van der Waals surface area contributed by atoms with Crippen molar-refractivity contribution in [2.24, 2.45) is 17.6 Å². The fourth-order valence-corrected chi connectivity index (χ4v) is 3.45. The summed E-state index contributed by atoms with van der Waals surface area (Å²) in [7, 11) is 0. The van der Waals surface area contributed by atoms with E-state index >= 15 is 0 Å². The molecule has 0 bridgehead atoms. The van der Waals surface area contributed by atoms with Gasteiger partial charge in [0.15, 0.2) is 0 Å². The highest BCUT2D eigenvalue weighted by Crippen LogP contribution is 2.29. The fourth-order valence-electron chi connectivity index (χ4n) is 3.45. The molecule has 1 aliphatic carbocycles. The van der Waals surface area contributed by atoms with Gasteiger partial charge in [-0.3, -0.25) is 4.79 Å². The lowest BCUT2D eigenvalue weighted by atomic mass is 9.80. The second-order valence-electron chi connectivity index (χ2n) is 6.32. The normalized spacial score (nSPS) is 26.5. The number of carbonyl (C=O) groups excluding carboxylic acids is 1. The molecule has 1 aromatic carbocycles. The number of carbonyl (C=O) groups is 1. The van der Waals surface area contributed by atoms with E-state index in [1.165, 1.54) is 6.42 Å². The van der Waals surface area contributed by atoms with Gasteiger partial charge in [0.25, 0.3) is 0 Å². The average Bonchev–Trinajstić information content (AvgIpc) is 2.39. The van der Waals surface area contributed by atoms with Gasteiger partial charge in [0.2, 0.25) is 5.91 Å². The highest BCUT2D eigenvalue weighted by Gasteiger charge is 2.27. The van der Waals surface area contributed by atoms with Crippen LogP contribution in [0.15, 0.2) is 30.3 Å². The van der Waals surface area contributed by atoms with Gasteiger partial charge in [-0.2, -0.15) is 0 Å². The lowest BCUT2D eigenvalue weighted by molar-refractivity contribution is -0.123. The van der Waals surface area contributed by atoms with Crippen LogP contribution in [0.5, 0.6) is 0 Å². The third-order valence-electron chi connectivity index (χ3n) is 4.28. The van der Waals surface area contributed by atoms with Gasteiger partial charge in [0.05, 0.1) is 5.92 Å². The van der Waals surface area contributed by atoms with Gasteiger partial charge in [-0.25, -0.2) is 0 Å². The van der Waals surface area contributed by atoms with Crippen molar-refractivity contribution in [1.82, 2.24) is 5.32 Å². The van der Waals surface area contributed by atoms with Crippen LogP contribution in [-0.4, -0.2) is 18.5 Å². The SMILES string of the molecule is CC1CC(C)CC(NC(=O)C(CN)c2ccccc2)C1.Cl. The second-order valence-corrected chi connectivity index (χ2v) is 6.32. The summed E-state index contributed by atoms with van der Waals surface area (Å²) in [6, 6.07) is 10.1. The highest BCUT2D eigenvalue weighted by molar-refractivity contribution is 5.85. The predicted octanol–water partition coefficient (Wildman–Crippen LogP) is 3.09. The van der Waals surface area contributed by atoms with Crippen LogP contribution in [0.3, 0.4) is 0 Å². The number of nitrogens with one attached hydrogen (secondary N) is 1. The highest BCUT2D eigenvalue weighted by atomic mass is 35.5.